The highest BCUT2D eigenvalue weighted by Gasteiger charge is 2.15. The standard InChI is InChI=1S/C14H18N2O2S2/c1-5-6-10-15-13(19-7-11(17)18-4)12-8(2)9(3)20-14(12)16-10/h5-7H2,1-4H3. The number of methoxy groups -OCH3 is 1. The van der Waals surface area contributed by atoms with Crippen LogP contribution in [0.25, 0.3) is 10.2 Å². The van der Waals surface area contributed by atoms with Crippen molar-refractivity contribution in [1.29, 1.82) is 0 Å². The Labute approximate surface area is 127 Å². The summed E-state index contributed by atoms with van der Waals surface area (Å²) in [6.45, 7) is 6.29. The second-order valence-corrected chi connectivity index (χ2v) is 6.69. The lowest BCUT2D eigenvalue weighted by atomic mass is 10.2. The Balaban J connectivity index is 2.45. The van der Waals surface area contributed by atoms with Gasteiger partial charge < -0.3 is 4.74 Å². The first kappa shape index (κ1) is 15.3. The number of rotatable bonds is 5. The highest BCUT2D eigenvalue weighted by atomic mass is 32.2. The number of aromatic nitrogens is 2. The van der Waals surface area contributed by atoms with E-state index in [0.29, 0.717) is 0 Å². The average molecular weight is 310 g/mol. The molecule has 0 saturated heterocycles. The van der Waals surface area contributed by atoms with Gasteiger partial charge in [-0.3, -0.25) is 4.79 Å². The predicted octanol–water partition coefficient (Wildman–Crippen LogP) is 3.53. The van der Waals surface area contributed by atoms with Crippen LogP contribution in [0.2, 0.25) is 0 Å². The molecule has 0 atom stereocenters. The third kappa shape index (κ3) is 3.12. The maximum Gasteiger partial charge on any atom is 0.316 e. The summed E-state index contributed by atoms with van der Waals surface area (Å²) in [5, 5.41) is 1.98. The van der Waals surface area contributed by atoms with Crippen molar-refractivity contribution in [3.05, 3.63) is 16.3 Å². The maximum atomic E-state index is 11.3. The zero-order valence-corrected chi connectivity index (χ0v) is 13.8. The molecule has 0 unspecified atom stereocenters. The van der Waals surface area contributed by atoms with Gasteiger partial charge in [0.2, 0.25) is 0 Å². The summed E-state index contributed by atoms with van der Waals surface area (Å²) in [4.78, 5) is 22.9. The van der Waals surface area contributed by atoms with Crippen molar-refractivity contribution in [1.82, 2.24) is 9.97 Å². The van der Waals surface area contributed by atoms with Gasteiger partial charge in [0.25, 0.3) is 0 Å². The third-order valence-corrected chi connectivity index (χ3v) is 5.12. The number of carbonyl (C=O) groups excluding carboxylic acids is 1. The van der Waals surface area contributed by atoms with E-state index in [-0.39, 0.29) is 11.7 Å². The first-order valence-corrected chi connectivity index (χ1v) is 8.33. The molecule has 6 heteroatoms. The highest BCUT2D eigenvalue weighted by molar-refractivity contribution is 8.00. The normalized spacial score (nSPS) is 11.0. The molecule has 2 aromatic rings. The lowest BCUT2D eigenvalue weighted by molar-refractivity contribution is -0.137. The first-order valence-electron chi connectivity index (χ1n) is 6.53. The number of hydrogen-bond donors (Lipinski definition) is 0. The Morgan fingerprint density at radius 2 is 2.10 bits per heavy atom. The molecule has 2 rings (SSSR count). The molecule has 0 radical (unpaired) electrons. The number of fused-ring (bicyclic) bond motifs is 1. The molecular weight excluding hydrogens is 292 g/mol. The molecule has 0 aliphatic carbocycles. The minimum Gasteiger partial charge on any atom is -0.468 e. The fourth-order valence-electron chi connectivity index (χ4n) is 1.88. The molecule has 2 aromatic heterocycles. The van der Waals surface area contributed by atoms with E-state index in [1.807, 2.05) is 0 Å². The molecule has 0 bridgehead atoms. The van der Waals surface area contributed by atoms with Crippen LogP contribution in [0.5, 0.6) is 0 Å². The van der Waals surface area contributed by atoms with Gasteiger partial charge in [0.1, 0.15) is 15.7 Å². The topological polar surface area (TPSA) is 52.1 Å². The molecule has 0 saturated carbocycles. The molecule has 0 aliphatic heterocycles. The number of nitrogens with zero attached hydrogens (tertiary/aromatic N) is 2. The summed E-state index contributed by atoms with van der Waals surface area (Å²) in [5.41, 5.74) is 1.21. The number of aryl methyl sites for hydroxylation is 3. The van der Waals surface area contributed by atoms with Crippen molar-refractivity contribution >= 4 is 39.3 Å². The Bertz CT molecular complexity index is 638. The molecule has 20 heavy (non-hydrogen) atoms. The van der Waals surface area contributed by atoms with Crippen LogP contribution >= 0.6 is 23.1 Å². The van der Waals surface area contributed by atoms with Crippen molar-refractivity contribution < 1.29 is 9.53 Å². The Kier molecular flexibility index (Phi) is 4.99. The number of thioether (sulfide) groups is 1. The Hall–Kier alpha value is -1.14. The molecule has 108 valence electrons. The summed E-state index contributed by atoms with van der Waals surface area (Å²) in [7, 11) is 1.40. The number of ether oxygens (including phenoxy) is 1. The summed E-state index contributed by atoms with van der Waals surface area (Å²) in [6, 6.07) is 0. The second kappa shape index (κ2) is 6.54. The fourth-order valence-corrected chi connectivity index (χ4v) is 3.93. The fraction of sp³-hybridized carbons (Fsp3) is 0.500. The van der Waals surface area contributed by atoms with Crippen LogP contribution in [0, 0.1) is 13.8 Å². The average Bonchev–Trinajstić information content (AvgIpc) is 2.71. The monoisotopic (exact) mass is 310 g/mol. The zero-order valence-electron chi connectivity index (χ0n) is 12.1. The van der Waals surface area contributed by atoms with E-state index < -0.39 is 0 Å². The maximum absolute atomic E-state index is 11.3. The molecule has 4 nitrogen and oxygen atoms in total. The SMILES string of the molecule is CCCc1nc(SCC(=O)OC)c2c(C)c(C)sc2n1. The van der Waals surface area contributed by atoms with Crippen LogP contribution in [0.3, 0.4) is 0 Å². The van der Waals surface area contributed by atoms with Gasteiger partial charge in [-0.2, -0.15) is 0 Å². The molecule has 0 amide bonds. The minimum absolute atomic E-state index is 0.233. The molecule has 0 spiro atoms. The number of carbonyl (C=O) groups is 1. The van der Waals surface area contributed by atoms with E-state index >= 15 is 0 Å². The van der Waals surface area contributed by atoms with Gasteiger partial charge in [-0.1, -0.05) is 18.7 Å². The van der Waals surface area contributed by atoms with Crippen molar-refractivity contribution in [3.63, 3.8) is 0 Å². The van der Waals surface area contributed by atoms with E-state index in [9.17, 15) is 4.79 Å². The van der Waals surface area contributed by atoms with Crippen molar-refractivity contribution in [2.75, 3.05) is 12.9 Å². The molecule has 0 aliphatic rings. The van der Waals surface area contributed by atoms with Gasteiger partial charge in [-0.15, -0.1) is 11.3 Å². The van der Waals surface area contributed by atoms with Crippen LogP contribution in [-0.2, 0) is 16.0 Å². The van der Waals surface area contributed by atoms with E-state index in [4.69, 9.17) is 4.74 Å². The van der Waals surface area contributed by atoms with Gasteiger partial charge in [0.05, 0.1) is 12.9 Å². The quantitative estimate of drug-likeness (QED) is 0.480. The van der Waals surface area contributed by atoms with Gasteiger partial charge in [0.15, 0.2) is 0 Å². The van der Waals surface area contributed by atoms with Crippen LogP contribution in [0.1, 0.15) is 29.6 Å². The lowest BCUT2D eigenvalue weighted by Crippen LogP contribution is -2.04. The predicted molar refractivity (Wildman–Crippen MR) is 83.6 cm³/mol. The summed E-state index contributed by atoms with van der Waals surface area (Å²) >= 11 is 3.12. The first-order chi connectivity index (χ1) is 9.56. The van der Waals surface area contributed by atoms with Gasteiger partial charge in [0, 0.05) is 16.7 Å². The van der Waals surface area contributed by atoms with Crippen LogP contribution < -0.4 is 0 Å². The Morgan fingerprint density at radius 1 is 1.35 bits per heavy atom. The van der Waals surface area contributed by atoms with Crippen molar-refractivity contribution in [2.24, 2.45) is 0 Å². The Morgan fingerprint density at radius 3 is 2.75 bits per heavy atom. The number of thiophene rings is 1. The molecule has 2 heterocycles. The summed E-state index contributed by atoms with van der Waals surface area (Å²) < 4.78 is 4.70. The van der Waals surface area contributed by atoms with E-state index in [0.717, 1.165) is 33.9 Å². The minimum atomic E-state index is -0.233. The van der Waals surface area contributed by atoms with Crippen molar-refractivity contribution in [3.8, 4) is 0 Å². The molecule has 0 fully saturated rings. The van der Waals surface area contributed by atoms with E-state index in [1.165, 1.54) is 29.3 Å². The molecular formula is C14H18N2O2S2. The number of esters is 1. The van der Waals surface area contributed by atoms with Gasteiger partial charge in [-0.05, 0) is 25.8 Å². The van der Waals surface area contributed by atoms with Crippen LogP contribution in [0.4, 0.5) is 0 Å². The molecule has 0 aromatic carbocycles. The van der Waals surface area contributed by atoms with Gasteiger partial charge >= 0.3 is 5.97 Å². The summed E-state index contributed by atoms with van der Waals surface area (Å²) in [5.74, 6) is 0.903. The van der Waals surface area contributed by atoms with Gasteiger partial charge in [-0.25, -0.2) is 9.97 Å². The smallest absolute Gasteiger partial charge is 0.316 e. The summed E-state index contributed by atoms with van der Waals surface area (Å²) in [6.07, 6.45) is 1.87. The van der Waals surface area contributed by atoms with Crippen LogP contribution in [-0.4, -0.2) is 28.8 Å². The van der Waals surface area contributed by atoms with Crippen LogP contribution in [0.15, 0.2) is 5.03 Å². The van der Waals surface area contributed by atoms with Crippen molar-refractivity contribution in [2.45, 2.75) is 38.6 Å². The molecule has 0 N–H and O–H groups in total. The highest BCUT2D eigenvalue weighted by Crippen LogP contribution is 2.35. The van der Waals surface area contributed by atoms with E-state index in [2.05, 4.69) is 30.7 Å². The second-order valence-electron chi connectivity index (χ2n) is 4.52. The lowest BCUT2D eigenvalue weighted by Gasteiger charge is -2.05. The largest absolute Gasteiger partial charge is 0.468 e. The number of hydrogen-bond acceptors (Lipinski definition) is 6. The third-order valence-electron chi connectivity index (χ3n) is 3.07. The zero-order chi connectivity index (χ0) is 14.7. The van der Waals surface area contributed by atoms with E-state index in [1.54, 1.807) is 11.3 Å².